The number of carbonyl (C=O) groups excluding carboxylic acids is 1. The maximum absolute atomic E-state index is 12.0. The van der Waals surface area contributed by atoms with Crippen molar-refractivity contribution in [1.29, 1.82) is 0 Å². The number of hydrogen-bond donors (Lipinski definition) is 2. The van der Waals surface area contributed by atoms with Crippen LogP contribution in [-0.2, 0) is 4.79 Å². The van der Waals surface area contributed by atoms with Crippen LogP contribution in [0.5, 0.6) is 11.5 Å². The van der Waals surface area contributed by atoms with Crippen LogP contribution < -0.4 is 14.8 Å². The summed E-state index contributed by atoms with van der Waals surface area (Å²) in [6, 6.07) is 5.70. The highest BCUT2D eigenvalue weighted by atomic mass is 16.5. The molecule has 0 saturated carbocycles. The molecule has 1 aromatic carbocycles. The highest BCUT2D eigenvalue weighted by Gasteiger charge is 2.33. The summed E-state index contributed by atoms with van der Waals surface area (Å²) in [7, 11) is 1.60. The summed E-state index contributed by atoms with van der Waals surface area (Å²) in [4.78, 5) is 12.0. The molecule has 0 spiro atoms. The monoisotopic (exact) mass is 313 g/mol. The molecule has 0 fully saturated rings. The molecular weight excluding hydrogens is 294 g/mol. The molecule has 1 aromatic heterocycles. The second-order valence-electron chi connectivity index (χ2n) is 5.39. The first-order chi connectivity index (χ1) is 11.2. The van der Waals surface area contributed by atoms with Gasteiger partial charge < -0.3 is 14.8 Å². The highest BCUT2D eigenvalue weighted by Crippen LogP contribution is 2.44. The number of nitrogens with zero attached hydrogens (tertiary/aromatic N) is 1. The van der Waals surface area contributed by atoms with Crippen LogP contribution in [0.25, 0.3) is 0 Å². The van der Waals surface area contributed by atoms with Crippen LogP contribution in [0.2, 0.25) is 0 Å². The fourth-order valence-electron chi connectivity index (χ4n) is 2.96. The molecule has 120 valence electrons. The number of H-pyrrole nitrogens is 1. The number of hydrogen-bond acceptors (Lipinski definition) is 4. The van der Waals surface area contributed by atoms with Gasteiger partial charge in [-0.1, -0.05) is 24.8 Å². The zero-order valence-corrected chi connectivity index (χ0v) is 13.2. The second kappa shape index (κ2) is 6.16. The van der Waals surface area contributed by atoms with Gasteiger partial charge in [0.15, 0.2) is 17.3 Å². The third kappa shape index (κ3) is 2.67. The second-order valence-corrected chi connectivity index (χ2v) is 5.39. The lowest BCUT2D eigenvalue weighted by Crippen LogP contribution is -2.24. The van der Waals surface area contributed by atoms with Gasteiger partial charge in [0.1, 0.15) is 6.61 Å². The van der Waals surface area contributed by atoms with Crippen molar-refractivity contribution in [3.05, 3.63) is 47.7 Å². The molecule has 1 amide bonds. The third-order valence-corrected chi connectivity index (χ3v) is 3.94. The molecule has 3 rings (SSSR count). The zero-order chi connectivity index (χ0) is 16.4. The molecule has 1 atom stereocenters. The van der Waals surface area contributed by atoms with Crippen LogP contribution in [0, 0.1) is 6.92 Å². The largest absolute Gasteiger partial charge is 0.493 e. The van der Waals surface area contributed by atoms with Crippen molar-refractivity contribution in [1.82, 2.24) is 10.2 Å². The standard InChI is InChI=1S/C17H19N3O3/c1-4-8-23-16-11(6-5-7-13(16)22-3)12-9-14(21)18-17-15(12)10(2)19-20-17/h4-7,12H,1,8-9H2,2-3H3,(H2,18,19,20,21). The third-order valence-electron chi connectivity index (χ3n) is 3.94. The smallest absolute Gasteiger partial charge is 0.226 e. The van der Waals surface area contributed by atoms with Crippen molar-refractivity contribution in [2.24, 2.45) is 0 Å². The summed E-state index contributed by atoms with van der Waals surface area (Å²) in [6.45, 7) is 5.99. The molecule has 2 aromatic rings. The number of anilines is 1. The molecule has 1 aliphatic rings. The van der Waals surface area contributed by atoms with Crippen molar-refractivity contribution in [3.8, 4) is 11.5 Å². The predicted octanol–water partition coefficient (Wildman–Crippen LogP) is 2.77. The molecule has 0 bridgehead atoms. The number of aromatic amines is 1. The van der Waals surface area contributed by atoms with Gasteiger partial charge in [0.2, 0.25) is 5.91 Å². The van der Waals surface area contributed by atoms with Crippen LogP contribution in [0.15, 0.2) is 30.9 Å². The molecular formula is C17H19N3O3. The van der Waals surface area contributed by atoms with E-state index in [9.17, 15) is 4.79 Å². The molecule has 0 saturated heterocycles. The van der Waals surface area contributed by atoms with Gasteiger partial charge in [-0.2, -0.15) is 5.10 Å². The number of nitrogens with one attached hydrogen (secondary N) is 2. The number of benzene rings is 1. The fraction of sp³-hybridized carbons (Fsp3) is 0.294. The summed E-state index contributed by atoms with van der Waals surface area (Å²) < 4.78 is 11.2. The first-order valence-corrected chi connectivity index (χ1v) is 7.41. The topological polar surface area (TPSA) is 76.2 Å². The summed E-state index contributed by atoms with van der Waals surface area (Å²) in [5.74, 6) is 1.67. The Morgan fingerprint density at radius 1 is 1.48 bits per heavy atom. The predicted molar refractivity (Wildman–Crippen MR) is 87.1 cm³/mol. The Bertz CT molecular complexity index is 752. The Labute approximate surface area is 134 Å². The normalized spacial score (nSPS) is 16.4. The molecule has 0 radical (unpaired) electrons. The Morgan fingerprint density at radius 3 is 3.04 bits per heavy atom. The van der Waals surface area contributed by atoms with Gasteiger partial charge in [-0.05, 0) is 13.0 Å². The Balaban J connectivity index is 2.12. The Kier molecular flexibility index (Phi) is 4.06. The summed E-state index contributed by atoms with van der Waals surface area (Å²) in [5.41, 5.74) is 2.83. The lowest BCUT2D eigenvalue weighted by atomic mass is 9.85. The van der Waals surface area contributed by atoms with Crippen LogP contribution in [0.1, 0.15) is 29.2 Å². The maximum Gasteiger partial charge on any atom is 0.226 e. The number of methoxy groups -OCH3 is 1. The number of para-hydroxylation sites is 1. The van der Waals surface area contributed by atoms with Crippen molar-refractivity contribution in [3.63, 3.8) is 0 Å². The van der Waals surface area contributed by atoms with E-state index < -0.39 is 0 Å². The van der Waals surface area contributed by atoms with Crippen molar-refractivity contribution in [2.75, 3.05) is 19.0 Å². The lowest BCUT2D eigenvalue weighted by molar-refractivity contribution is -0.116. The van der Waals surface area contributed by atoms with E-state index in [1.165, 1.54) is 0 Å². The van der Waals surface area contributed by atoms with Gasteiger partial charge in [-0.15, -0.1) is 0 Å². The van der Waals surface area contributed by atoms with E-state index in [0.717, 1.165) is 16.8 Å². The van der Waals surface area contributed by atoms with Gasteiger partial charge in [0.05, 0.1) is 7.11 Å². The first kappa shape index (κ1) is 15.1. The number of rotatable bonds is 5. The molecule has 1 unspecified atom stereocenters. The van der Waals surface area contributed by atoms with Crippen molar-refractivity contribution < 1.29 is 14.3 Å². The number of fused-ring (bicyclic) bond motifs is 1. The van der Waals surface area contributed by atoms with Gasteiger partial charge in [0, 0.05) is 29.2 Å². The number of amides is 1. The van der Waals surface area contributed by atoms with E-state index in [0.29, 0.717) is 30.3 Å². The van der Waals surface area contributed by atoms with E-state index >= 15 is 0 Å². The lowest BCUT2D eigenvalue weighted by Gasteiger charge is -2.25. The minimum Gasteiger partial charge on any atom is -0.493 e. The van der Waals surface area contributed by atoms with Gasteiger partial charge >= 0.3 is 0 Å². The number of ether oxygens (including phenoxy) is 2. The molecule has 6 heteroatoms. The quantitative estimate of drug-likeness (QED) is 0.832. The van der Waals surface area contributed by atoms with Crippen LogP contribution in [0.3, 0.4) is 0 Å². The van der Waals surface area contributed by atoms with Crippen LogP contribution in [-0.4, -0.2) is 29.8 Å². The molecule has 0 aliphatic carbocycles. The van der Waals surface area contributed by atoms with Gasteiger partial charge in [-0.25, -0.2) is 0 Å². The van der Waals surface area contributed by atoms with E-state index in [1.54, 1.807) is 13.2 Å². The van der Waals surface area contributed by atoms with E-state index in [1.807, 2.05) is 25.1 Å². The molecule has 1 aliphatic heterocycles. The van der Waals surface area contributed by atoms with Gasteiger partial charge in [0.25, 0.3) is 0 Å². The average molecular weight is 313 g/mol. The minimum atomic E-state index is -0.132. The number of aromatic nitrogens is 2. The van der Waals surface area contributed by atoms with Crippen LogP contribution >= 0.6 is 0 Å². The molecule has 2 heterocycles. The van der Waals surface area contributed by atoms with Crippen LogP contribution in [0.4, 0.5) is 5.82 Å². The number of carbonyl (C=O) groups is 1. The van der Waals surface area contributed by atoms with E-state index in [2.05, 4.69) is 22.1 Å². The maximum atomic E-state index is 12.0. The molecule has 23 heavy (non-hydrogen) atoms. The summed E-state index contributed by atoms with van der Waals surface area (Å²) in [5, 5.41) is 9.91. The summed E-state index contributed by atoms with van der Waals surface area (Å²) in [6.07, 6.45) is 2.02. The minimum absolute atomic E-state index is 0.0634. The SMILES string of the molecule is C=CCOc1c(OC)cccc1C1CC(=O)Nc2n[nH]c(C)c21. The highest BCUT2D eigenvalue weighted by molar-refractivity contribution is 5.94. The van der Waals surface area contributed by atoms with Gasteiger partial charge in [-0.3, -0.25) is 9.89 Å². The Morgan fingerprint density at radius 2 is 2.30 bits per heavy atom. The zero-order valence-electron chi connectivity index (χ0n) is 13.2. The van der Waals surface area contributed by atoms with E-state index in [-0.39, 0.29) is 11.8 Å². The fourth-order valence-corrected chi connectivity index (χ4v) is 2.96. The summed E-state index contributed by atoms with van der Waals surface area (Å²) >= 11 is 0. The Hall–Kier alpha value is -2.76. The van der Waals surface area contributed by atoms with E-state index in [4.69, 9.17) is 9.47 Å². The molecule has 6 nitrogen and oxygen atoms in total. The molecule has 2 N–H and O–H groups in total. The average Bonchev–Trinajstić information content (AvgIpc) is 2.92. The number of aryl methyl sites for hydroxylation is 1. The first-order valence-electron chi connectivity index (χ1n) is 7.41. The van der Waals surface area contributed by atoms with Crippen molar-refractivity contribution >= 4 is 11.7 Å². The van der Waals surface area contributed by atoms with Crippen molar-refractivity contribution in [2.45, 2.75) is 19.3 Å².